The van der Waals surface area contributed by atoms with Crippen molar-refractivity contribution >= 4 is 22.6 Å². The predicted molar refractivity (Wildman–Crippen MR) is 113 cm³/mol. The first-order chi connectivity index (χ1) is 13.6. The van der Waals surface area contributed by atoms with E-state index in [2.05, 4.69) is 29.2 Å². The van der Waals surface area contributed by atoms with E-state index < -0.39 is 0 Å². The quantitative estimate of drug-likeness (QED) is 0.629. The van der Waals surface area contributed by atoms with Crippen molar-refractivity contribution in [2.45, 2.75) is 52.0 Å². The van der Waals surface area contributed by atoms with Crippen molar-refractivity contribution in [2.75, 3.05) is 31.6 Å². The van der Waals surface area contributed by atoms with E-state index in [1.165, 1.54) is 11.5 Å². The van der Waals surface area contributed by atoms with Gasteiger partial charge in [-0.1, -0.05) is 31.9 Å². The highest BCUT2D eigenvalue weighted by Crippen LogP contribution is 2.23. The zero-order chi connectivity index (χ0) is 19.9. The molecular formula is C21H30N4O2S. The lowest BCUT2D eigenvalue weighted by atomic mass is 10.1. The molecule has 1 fully saturated rings. The Morgan fingerprint density at radius 1 is 1.32 bits per heavy atom. The van der Waals surface area contributed by atoms with E-state index in [1.807, 2.05) is 23.1 Å². The second-order valence-electron chi connectivity index (χ2n) is 7.36. The second-order valence-corrected chi connectivity index (χ2v) is 8.09. The van der Waals surface area contributed by atoms with Crippen LogP contribution in [0, 0.1) is 0 Å². The fourth-order valence-electron chi connectivity index (χ4n) is 3.58. The summed E-state index contributed by atoms with van der Waals surface area (Å²) < 4.78 is 9.83. The minimum absolute atomic E-state index is 0.202. The fourth-order valence-corrected chi connectivity index (χ4v) is 4.30. The van der Waals surface area contributed by atoms with Gasteiger partial charge in [-0.2, -0.15) is 4.37 Å². The molecule has 152 valence electrons. The molecule has 1 atom stereocenters. The van der Waals surface area contributed by atoms with Crippen LogP contribution in [0.4, 0.5) is 5.13 Å². The van der Waals surface area contributed by atoms with Crippen LogP contribution in [0.15, 0.2) is 24.3 Å². The average Bonchev–Trinajstić information content (AvgIpc) is 3.16. The second kappa shape index (κ2) is 9.87. The van der Waals surface area contributed by atoms with Crippen LogP contribution in [0.1, 0.15) is 50.9 Å². The Bertz CT molecular complexity index is 779. The fraction of sp³-hybridized carbons (Fsp3) is 0.571. The maximum Gasteiger partial charge on any atom is 0.222 e. The van der Waals surface area contributed by atoms with Gasteiger partial charge in [0.15, 0.2) is 0 Å². The lowest BCUT2D eigenvalue weighted by molar-refractivity contribution is -0.133. The van der Waals surface area contributed by atoms with Gasteiger partial charge in [-0.05, 0) is 31.0 Å². The van der Waals surface area contributed by atoms with Gasteiger partial charge >= 0.3 is 0 Å². The average molecular weight is 403 g/mol. The molecule has 1 aliphatic heterocycles. The predicted octanol–water partition coefficient (Wildman–Crippen LogP) is 3.75. The Hall–Kier alpha value is -2.15. The van der Waals surface area contributed by atoms with Gasteiger partial charge in [-0.3, -0.25) is 4.79 Å². The molecule has 1 aliphatic rings. The van der Waals surface area contributed by atoms with Crippen LogP contribution in [0.25, 0.3) is 0 Å². The molecule has 6 nitrogen and oxygen atoms in total. The molecule has 0 spiro atoms. The highest BCUT2D eigenvalue weighted by molar-refractivity contribution is 7.09. The van der Waals surface area contributed by atoms with Crippen LogP contribution in [-0.2, 0) is 11.2 Å². The standard InChI is InChI=1S/C21H30N4O2S/c1-4-5-6-10-20(26)25-12-11-24(15-16(25)2)21-22-19(23-28-21)14-17-8-7-9-18(13-17)27-3/h7-9,13,16H,4-6,10-12,14-15H2,1-3H3/t16-/m1/s1. The summed E-state index contributed by atoms with van der Waals surface area (Å²) in [6, 6.07) is 8.21. The molecule has 1 amide bonds. The Morgan fingerprint density at radius 2 is 2.18 bits per heavy atom. The van der Waals surface area contributed by atoms with Gasteiger partial charge < -0.3 is 14.5 Å². The molecule has 1 aromatic heterocycles. The largest absolute Gasteiger partial charge is 0.497 e. The summed E-state index contributed by atoms with van der Waals surface area (Å²) >= 11 is 1.44. The third-order valence-electron chi connectivity index (χ3n) is 5.17. The lowest BCUT2D eigenvalue weighted by Gasteiger charge is -2.39. The highest BCUT2D eigenvalue weighted by Gasteiger charge is 2.28. The molecule has 1 aromatic carbocycles. The molecule has 2 aromatic rings. The third-order valence-corrected chi connectivity index (χ3v) is 5.98. The van der Waals surface area contributed by atoms with Crippen molar-refractivity contribution in [2.24, 2.45) is 0 Å². The molecule has 2 heterocycles. The van der Waals surface area contributed by atoms with Crippen molar-refractivity contribution in [1.29, 1.82) is 0 Å². The van der Waals surface area contributed by atoms with Crippen LogP contribution in [0.2, 0.25) is 0 Å². The number of rotatable bonds is 8. The number of hydrogen-bond acceptors (Lipinski definition) is 6. The summed E-state index contributed by atoms with van der Waals surface area (Å²) in [6.07, 6.45) is 4.62. The minimum Gasteiger partial charge on any atom is -0.497 e. The van der Waals surface area contributed by atoms with E-state index in [4.69, 9.17) is 9.72 Å². The number of carbonyl (C=O) groups is 1. The number of hydrogen-bond donors (Lipinski definition) is 0. The van der Waals surface area contributed by atoms with E-state index in [-0.39, 0.29) is 11.9 Å². The monoisotopic (exact) mass is 402 g/mol. The number of nitrogens with zero attached hydrogens (tertiary/aromatic N) is 4. The Morgan fingerprint density at radius 3 is 2.93 bits per heavy atom. The Kier molecular flexibility index (Phi) is 7.25. The molecule has 0 radical (unpaired) electrons. The molecular weight excluding hydrogens is 372 g/mol. The van der Waals surface area contributed by atoms with Gasteiger partial charge in [0.2, 0.25) is 11.0 Å². The van der Waals surface area contributed by atoms with Gasteiger partial charge in [0.25, 0.3) is 0 Å². The Balaban J connectivity index is 1.56. The number of amides is 1. The smallest absolute Gasteiger partial charge is 0.222 e. The molecule has 0 aliphatic carbocycles. The molecule has 1 saturated heterocycles. The van der Waals surface area contributed by atoms with Crippen LogP contribution >= 0.6 is 11.5 Å². The van der Waals surface area contributed by atoms with Crippen LogP contribution < -0.4 is 9.64 Å². The van der Waals surface area contributed by atoms with Crippen LogP contribution in [0.5, 0.6) is 5.75 Å². The van der Waals surface area contributed by atoms with E-state index in [1.54, 1.807) is 7.11 Å². The number of unbranched alkanes of at least 4 members (excludes halogenated alkanes) is 2. The van der Waals surface area contributed by atoms with E-state index >= 15 is 0 Å². The van der Waals surface area contributed by atoms with Crippen LogP contribution in [-0.4, -0.2) is 53.0 Å². The summed E-state index contributed by atoms with van der Waals surface area (Å²) in [5, 5.41) is 0.947. The molecule has 0 N–H and O–H groups in total. The summed E-state index contributed by atoms with van der Waals surface area (Å²) in [6.45, 7) is 6.68. The van der Waals surface area contributed by atoms with Crippen molar-refractivity contribution in [3.63, 3.8) is 0 Å². The minimum atomic E-state index is 0.202. The van der Waals surface area contributed by atoms with Crippen molar-refractivity contribution in [3.8, 4) is 5.75 Å². The van der Waals surface area contributed by atoms with Gasteiger partial charge in [-0.15, -0.1) is 0 Å². The van der Waals surface area contributed by atoms with Gasteiger partial charge in [0, 0.05) is 50.1 Å². The first-order valence-corrected chi connectivity index (χ1v) is 10.9. The van der Waals surface area contributed by atoms with E-state index in [0.29, 0.717) is 12.8 Å². The van der Waals surface area contributed by atoms with E-state index in [9.17, 15) is 4.79 Å². The lowest BCUT2D eigenvalue weighted by Crippen LogP contribution is -2.54. The highest BCUT2D eigenvalue weighted by atomic mass is 32.1. The number of aromatic nitrogens is 2. The molecule has 0 unspecified atom stereocenters. The maximum atomic E-state index is 12.5. The van der Waals surface area contributed by atoms with Gasteiger partial charge in [0.05, 0.1) is 7.11 Å². The van der Waals surface area contributed by atoms with Gasteiger partial charge in [0.1, 0.15) is 11.6 Å². The summed E-state index contributed by atoms with van der Waals surface area (Å²) in [5.74, 6) is 1.97. The summed E-state index contributed by atoms with van der Waals surface area (Å²) in [4.78, 5) is 21.5. The van der Waals surface area contributed by atoms with Crippen molar-refractivity contribution in [1.82, 2.24) is 14.3 Å². The Labute approximate surface area is 171 Å². The number of piperazine rings is 1. The SMILES string of the molecule is CCCCCC(=O)N1CCN(c2nc(Cc3cccc(OC)c3)ns2)C[C@H]1C. The van der Waals surface area contributed by atoms with Crippen molar-refractivity contribution in [3.05, 3.63) is 35.7 Å². The molecule has 7 heteroatoms. The normalized spacial score (nSPS) is 17.0. The molecule has 0 bridgehead atoms. The molecule has 28 heavy (non-hydrogen) atoms. The first-order valence-electron chi connectivity index (χ1n) is 10.1. The number of benzene rings is 1. The van der Waals surface area contributed by atoms with Crippen molar-refractivity contribution < 1.29 is 9.53 Å². The topological polar surface area (TPSA) is 58.6 Å². The summed E-state index contributed by atoms with van der Waals surface area (Å²) in [5.41, 5.74) is 1.14. The maximum absolute atomic E-state index is 12.5. The molecule has 3 rings (SSSR count). The number of ether oxygens (including phenoxy) is 1. The number of methoxy groups -OCH3 is 1. The number of carbonyl (C=O) groups excluding carboxylic acids is 1. The van der Waals surface area contributed by atoms with E-state index in [0.717, 1.165) is 61.2 Å². The number of anilines is 1. The zero-order valence-corrected chi connectivity index (χ0v) is 17.9. The van der Waals surface area contributed by atoms with Crippen LogP contribution in [0.3, 0.4) is 0 Å². The zero-order valence-electron chi connectivity index (χ0n) is 17.1. The third kappa shape index (κ3) is 5.22. The first kappa shape index (κ1) is 20.6. The summed E-state index contributed by atoms with van der Waals surface area (Å²) in [7, 11) is 1.67. The van der Waals surface area contributed by atoms with Gasteiger partial charge in [-0.25, -0.2) is 4.98 Å². The molecule has 0 saturated carbocycles.